The number of pyridine rings is 1. The number of nitrogens with zero attached hydrogens (tertiary/aromatic N) is 1. The van der Waals surface area contributed by atoms with Gasteiger partial charge in [0.1, 0.15) is 0 Å². The van der Waals surface area contributed by atoms with E-state index in [9.17, 15) is 14.7 Å². The van der Waals surface area contributed by atoms with E-state index in [1.165, 1.54) is 23.5 Å². The van der Waals surface area contributed by atoms with Gasteiger partial charge in [-0.1, -0.05) is 18.9 Å². The van der Waals surface area contributed by atoms with Gasteiger partial charge in [0.05, 0.1) is 12.6 Å². The van der Waals surface area contributed by atoms with Crippen molar-refractivity contribution in [2.75, 3.05) is 6.54 Å². The molecule has 5 nitrogen and oxygen atoms in total. The fourth-order valence-electron chi connectivity index (χ4n) is 2.68. The topological polar surface area (TPSA) is 71.3 Å². The van der Waals surface area contributed by atoms with E-state index in [-0.39, 0.29) is 24.6 Å². The van der Waals surface area contributed by atoms with Crippen molar-refractivity contribution in [3.05, 3.63) is 34.7 Å². The third-order valence-electron chi connectivity index (χ3n) is 3.79. The highest BCUT2D eigenvalue weighted by atomic mass is 16.3. The lowest BCUT2D eigenvalue weighted by molar-refractivity contribution is -0.122. The number of aromatic nitrogens is 1. The van der Waals surface area contributed by atoms with Crippen molar-refractivity contribution in [1.29, 1.82) is 0 Å². The van der Waals surface area contributed by atoms with Crippen molar-refractivity contribution in [2.24, 2.45) is 5.92 Å². The molecule has 0 aliphatic heterocycles. The Balaban J connectivity index is 1.72. The largest absolute Gasteiger partial charge is 0.389 e. The Labute approximate surface area is 118 Å². The molecule has 1 atom stereocenters. The SMILES string of the molecule is O=C(CC1CCCC1)NC[C@H](O)Cn1ccccc1=O. The molecule has 1 heterocycles. The van der Waals surface area contributed by atoms with Gasteiger partial charge in [-0.3, -0.25) is 9.59 Å². The summed E-state index contributed by atoms with van der Waals surface area (Å²) in [4.78, 5) is 23.2. The Morgan fingerprint density at radius 3 is 2.85 bits per heavy atom. The number of hydrogen-bond acceptors (Lipinski definition) is 3. The number of amides is 1. The van der Waals surface area contributed by atoms with E-state index in [1.54, 1.807) is 18.3 Å². The Hall–Kier alpha value is -1.62. The molecule has 0 radical (unpaired) electrons. The Bertz CT molecular complexity index is 492. The molecule has 0 bridgehead atoms. The van der Waals surface area contributed by atoms with E-state index >= 15 is 0 Å². The summed E-state index contributed by atoms with van der Waals surface area (Å²) in [7, 11) is 0. The third kappa shape index (κ3) is 4.49. The number of aliphatic hydroxyl groups excluding tert-OH is 1. The summed E-state index contributed by atoms with van der Waals surface area (Å²) in [6.07, 6.45) is 6.14. The average Bonchev–Trinajstić information content (AvgIpc) is 2.92. The smallest absolute Gasteiger partial charge is 0.250 e. The zero-order valence-electron chi connectivity index (χ0n) is 11.6. The van der Waals surface area contributed by atoms with E-state index in [0.29, 0.717) is 12.3 Å². The van der Waals surface area contributed by atoms with Crippen molar-refractivity contribution < 1.29 is 9.90 Å². The minimum Gasteiger partial charge on any atom is -0.389 e. The molecule has 1 saturated carbocycles. The first-order valence-corrected chi connectivity index (χ1v) is 7.25. The lowest BCUT2D eigenvalue weighted by Gasteiger charge is -2.14. The summed E-state index contributed by atoms with van der Waals surface area (Å²) in [5, 5.41) is 12.6. The molecule has 20 heavy (non-hydrogen) atoms. The van der Waals surface area contributed by atoms with Crippen molar-refractivity contribution in [3.63, 3.8) is 0 Å². The highest BCUT2D eigenvalue weighted by Crippen LogP contribution is 2.27. The Morgan fingerprint density at radius 1 is 1.40 bits per heavy atom. The van der Waals surface area contributed by atoms with Gasteiger partial charge in [-0.2, -0.15) is 0 Å². The number of aliphatic hydroxyl groups is 1. The predicted molar refractivity (Wildman–Crippen MR) is 76.3 cm³/mol. The summed E-state index contributed by atoms with van der Waals surface area (Å²) in [5.74, 6) is 0.500. The number of carbonyl (C=O) groups is 1. The van der Waals surface area contributed by atoms with Gasteiger partial charge in [0.25, 0.3) is 5.56 Å². The number of hydrogen-bond donors (Lipinski definition) is 2. The maximum absolute atomic E-state index is 11.7. The summed E-state index contributed by atoms with van der Waals surface area (Å²) in [6.45, 7) is 0.385. The Morgan fingerprint density at radius 2 is 2.15 bits per heavy atom. The third-order valence-corrected chi connectivity index (χ3v) is 3.79. The van der Waals surface area contributed by atoms with Crippen molar-refractivity contribution in [1.82, 2.24) is 9.88 Å². The van der Waals surface area contributed by atoms with Gasteiger partial charge in [0.2, 0.25) is 5.91 Å². The number of carbonyl (C=O) groups excluding carboxylic acids is 1. The molecule has 1 aliphatic rings. The van der Waals surface area contributed by atoms with Crippen molar-refractivity contribution in [2.45, 2.75) is 44.8 Å². The maximum atomic E-state index is 11.7. The second-order valence-corrected chi connectivity index (χ2v) is 5.50. The van der Waals surface area contributed by atoms with Crippen LogP contribution >= 0.6 is 0 Å². The van der Waals surface area contributed by atoms with Crippen molar-refractivity contribution in [3.8, 4) is 0 Å². The lowest BCUT2D eigenvalue weighted by atomic mass is 10.0. The van der Waals surface area contributed by atoms with Crippen LogP contribution in [0, 0.1) is 5.92 Å². The average molecular weight is 278 g/mol. The fraction of sp³-hybridized carbons (Fsp3) is 0.600. The second-order valence-electron chi connectivity index (χ2n) is 5.50. The molecular weight excluding hydrogens is 256 g/mol. The van der Waals surface area contributed by atoms with Crippen LogP contribution in [0.25, 0.3) is 0 Å². The summed E-state index contributed by atoms with van der Waals surface area (Å²) >= 11 is 0. The van der Waals surface area contributed by atoms with Crippen LogP contribution in [0.15, 0.2) is 29.2 Å². The molecule has 1 aliphatic carbocycles. The standard InChI is InChI=1S/C15H22N2O3/c18-13(11-17-8-4-3-7-15(17)20)10-16-14(19)9-12-5-1-2-6-12/h3-4,7-8,12-13,18H,1-2,5-6,9-11H2,(H,16,19)/t13-/m0/s1. The van der Waals surface area contributed by atoms with Gasteiger partial charge >= 0.3 is 0 Å². The van der Waals surface area contributed by atoms with Gasteiger partial charge in [0.15, 0.2) is 0 Å². The van der Waals surface area contributed by atoms with Gasteiger partial charge in [0, 0.05) is 25.2 Å². The first-order chi connectivity index (χ1) is 9.65. The molecule has 110 valence electrons. The molecule has 0 aromatic carbocycles. The van der Waals surface area contributed by atoms with Crippen LogP contribution in [0.3, 0.4) is 0 Å². The first kappa shape index (κ1) is 14.8. The molecule has 2 rings (SSSR count). The molecular formula is C15H22N2O3. The van der Waals surface area contributed by atoms with Gasteiger partial charge < -0.3 is 15.0 Å². The quantitative estimate of drug-likeness (QED) is 0.812. The van der Waals surface area contributed by atoms with Crippen LogP contribution in [0.5, 0.6) is 0 Å². The normalized spacial score (nSPS) is 17.1. The van der Waals surface area contributed by atoms with Gasteiger partial charge in [-0.15, -0.1) is 0 Å². The zero-order chi connectivity index (χ0) is 14.4. The van der Waals surface area contributed by atoms with Gasteiger partial charge in [-0.05, 0) is 24.8 Å². The molecule has 1 fully saturated rings. The number of nitrogens with one attached hydrogen (secondary N) is 1. The van der Waals surface area contributed by atoms with E-state index in [0.717, 1.165) is 12.8 Å². The molecule has 0 saturated heterocycles. The van der Waals surface area contributed by atoms with Crippen LogP contribution in [-0.2, 0) is 11.3 Å². The predicted octanol–water partition coefficient (Wildman–Crippen LogP) is 0.906. The van der Waals surface area contributed by atoms with Crippen LogP contribution < -0.4 is 10.9 Å². The molecule has 2 N–H and O–H groups in total. The van der Waals surface area contributed by atoms with Crippen LogP contribution in [0.1, 0.15) is 32.1 Å². The minimum atomic E-state index is -0.748. The molecule has 1 amide bonds. The summed E-state index contributed by atoms with van der Waals surface area (Å²) in [6, 6.07) is 4.85. The van der Waals surface area contributed by atoms with E-state index in [4.69, 9.17) is 0 Å². The van der Waals surface area contributed by atoms with E-state index in [1.807, 2.05) is 0 Å². The second kappa shape index (κ2) is 7.24. The van der Waals surface area contributed by atoms with Crippen LogP contribution in [-0.4, -0.2) is 28.2 Å². The molecule has 0 unspecified atom stereocenters. The van der Waals surface area contributed by atoms with E-state index < -0.39 is 6.10 Å². The fourth-order valence-corrected chi connectivity index (χ4v) is 2.68. The monoisotopic (exact) mass is 278 g/mol. The highest BCUT2D eigenvalue weighted by molar-refractivity contribution is 5.76. The molecule has 5 heteroatoms. The zero-order valence-corrected chi connectivity index (χ0v) is 11.6. The summed E-state index contributed by atoms with van der Waals surface area (Å²) in [5.41, 5.74) is -0.149. The van der Waals surface area contributed by atoms with Crippen molar-refractivity contribution >= 4 is 5.91 Å². The molecule has 0 spiro atoms. The lowest BCUT2D eigenvalue weighted by Crippen LogP contribution is -2.36. The number of rotatable bonds is 6. The minimum absolute atomic E-state index is 0.00337. The van der Waals surface area contributed by atoms with Crippen LogP contribution in [0.4, 0.5) is 0 Å². The summed E-state index contributed by atoms with van der Waals surface area (Å²) < 4.78 is 1.44. The maximum Gasteiger partial charge on any atom is 0.250 e. The Kier molecular flexibility index (Phi) is 5.35. The highest BCUT2D eigenvalue weighted by Gasteiger charge is 2.18. The molecule has 1 aromatic rings. The van der Waals surface area contributed by atoms with Crippen LogP contribution in [0.2, 0.25) is 0 Å². The first-order valence-electron chi connectivity index (χ1n) is 7.25. The van der Waals surface area contributed by atoms with Gasteiger partial charge in [-0.25, -0.2) is 0 Å². The molecule has 1 aromatic heterocycles. The van der Waals surface area contributed by atoms with E-state index in [2.05, 4.69) is 5.32 Å².